The van der Waals surface area contributed by atoms with E-state index in [1.165, 1.54) is 0 Å². The smallest absolute Gasteiger partial charge is 0.271 e. The third-order valence-electron chi connectivity index (χ3n) is 3.60. The summed E-state index contributed by atoms with van der Waals surface area (Å²) in [6, 6.07) is 1.78. The van der Waals surface area contributed by atoms with Gasteiger partial charge in [-0.25, -0.2) is 0 Å². The molecule has 5 nitrogen and oxygen atoms in total. The molecule has 1 fully saturated rings. The summed E-state index contributed by atoms with van der Waals surface area (Å²) >= 11 is 0. The summed E-state index contributed by atoms with van der Waals surface area (Å²) in [5.41, 5.74) is 1.38. The lowest BCUT2D eigenvalue weighted by atomic mass is 10.1. The van der Waals surface area contributed by atoms with Crippen LogP contribution >= 0.6 is 0 Å². The zero-order chi connectivity index (χ0) is 13.1. The van der Waals surface area contributed by atoms with Gasteiger partial charge in [0.05, 0.1) is 6.10 Å². The monoisotopic (exact) mass is 251 g/mol. The molecule has 18 heavy (non-hydrogen) atoms. The molecule has 1 aliphatic rings. The van der Waals surface area contributed by atoms with Crippen LogP contribution in [-0.4, -0.2) is 33.9 Å². The number of carbonyl (C=O) groups excluding carboxylic acids is 1. The molecule has 5 heteroatoms. The predicted molar refractivity (Wildman–Crippen MR) is 68.4 cm³/mol. The lowest BCUT2D eigenvalue weighted by Gasteiger charge is -2.14. The second kappa shape index (κ2) is 5.52. The van der Waals surface area contributed by atoms with Gasteiger partial charge in [-0.3, -0.25) is 9.89 Å². The number of aliphatic hydroxyl groups excluding tert-OH is 1. The Morgan fingerprint density at radius 1 is 1.61 bits per heavy atom. The van der Waals surface area contributed by atoms with Crippen LogP contribution in [0, 0.1) is 5.92 Å². The summed E-state index contributed by atoms with van der Waals surface area (Å²) in [6.07, 6.45) is 2.61. The first-order chi connectivity index (χ1) is 8.58. The molecule has 1 aromatic rings. The Morgan fingerprint density at radius 3 is 2.94 bits per heavy atom. The number of nitrogens with zero attached hydrogens (tertiary/aromatic N) is 1. The molecule has 1 aromatic heterocycles. The molecular weight excluding hydrogens is 230 g/mol. The second-order valence-corrected chi connectivity index (χ2v) is 5.33. The summed E-state index contributed by atoms with van der Waals surface area (Å²) in [5.74, 6) is 0.352. The minimum atomic E-state index is -0.268. The largest absolute Gasteiger partial charge is 0.393 e. The Balaban J connectivity index is 1.87. The molecule has 0 aliphatic heterocycles. The lowest BCUT2D eigenvalue weighted by molar-refractivity contribution is 0.0912. The predicted octanol–water partition coefficient (Wildman–Crippen LogP) is 1.42. The van der Waals surface area contributed by atoms with E-state index in [9.17, 15) is 9.90 Å². The van der Waals surface area contributed by atoms with Crippen LogP contribution in [0.3, 0.4) is 0 Å². The molecule has 1 aliphatic carbocycles. The van der Waals surface area contributed by atoms with Crippen LogP contribution in [0.5, 0.6) is 0 Å². The van der Waals surface area contributed by atoms with Gasteiger partial charge in [0.1, 0.15) is 5.69 Å². The molecule has 2 unspecified atom stereocenters. The average Bonchev–Trinajstić information content (AvgIpc) is 2.94. The maximum absolute atomic E-state index is 11.9. The number of hydrogen-bond donors (Lipinski definition) is 3. The van der Waals surface area contributed by atoms with Crippen molar-refractivity contribution in [2.24, 2.45) is 5.92 Å². The van der Waals surface area contributed by atoms with Crippen molar-refractivity contribution in [3.63, 3.8) is 0 Å². The highest BCUT2D eigenvalue weighted by molar-refractivity contribution is 5.92. The number of carbonyl (C=O) groups is 1. The summed E-state index contributed by atoms with van der Waals surface area (Å²) in [4.78, 5) is 11.9. The standard InChI is InChI=1S/C13H21N3O2/c1-8(2)10-6-11(16-15-10)13(18)14-7-9-4-3-5-12(9)17/h6,8-9,12,17H,3-5,7H2,1-2H3,(H,14,18)(H,15,16). The molecule has 0 bridgehead atoms. The first kappa shape index (κ1) is 13.1. The van der Waals surface area contributed by atoms with Gasteiger partial charge in [0.25, 0.3) is 5.91 Å². The van der Waals surface area contributed by atoms with Gasteiger partial charge < -0.3 is 10.4 Å². The highest BCUT2D eigenvalue weighted by Gasteiger charge is 2.25. The highest BCUT2D eigenvalue weighted by atomic mass is 16.3. The molecule has 2 rings (SSSR count). The first-order valence-corrected chi connectivity index (χ1v) is 6.59. The minimum absolute atomic E-state index is 0.169. The Labute approximate surface area is 107 Å². The second-order valence-electron chi connectivity index (χ2n) is 5.33. The van der Waals surface area contributed by atoms with E-state index in [1.54, 1.807) is 6.07 Å². The normalized spacial score (nSPS) is 23.6. The number of aromatic amines is 1. The average molecular weight is 251 g/mol. The van der Waals surface area contributed by atoms with Crippen LogP contribution in [0.1, 0.15) is 55.2 Å². The van der Waals surface area contributed by atoms with Crippen LogP contribution in [0.4, 0.5) is 0 Å². The molecule has 1 amide bonds. The van der Waals surface area contributed by atoms with Gasteiger partial charge >= 0.3 is 0 Å². The van der Waals surface area contributed by atoms with Crippen LogP contribution in [0.15, 0.2) is 6.07 Å². The quantitative estimate of drug-likeness (QED) is 0.757. The van der Waals surface area contributed by atoms with Gasteiger partial charge in [0, 0.05) is 18.2 Å². The Morgan fingerprint density at radius 2 is 2.39 bits per heavy atom. The number of hydrogen-bond acceptors (Lipinski definition) is 3. The molecule has 0 spiro atoms. The van der Waals surface area contributed by atoms with E-state index in [2.05, 4.69) is 15.5 Å². The number of rotatable bonds is 4. The lowest BCUT2D eigenvalue weighted by Crippen LogP contribution is -2.32. The molecule has 2 atom stereocenters. The fraction of sp³-hybridized carbons (Fsp3) is 0.692. The maximum Gasteiger partial charge on any atom is 0.271 e. The molecule has 100 valence electrons. The van der Waals surface area contributed by atoms with Gasteiger partial charge in [-0.2, -0.15) is 5.10 Å². The molecular formula is C13H21N3O2. The van der Waals surface area contributed by atoms with Crippen molar-refractivity contribution >= 4 is 5.91 Å². The Kier molecular flexibility index (Phi) is 4.01. The van der Waals surface area contributed by atoms with Gasteiger partial charge in [-0.15, -0.1) is 0 Å². The summed E-state index contributed by atoms with van der Waals surface area (Å²) in [6.45, 7) is 4.62. The fourth-order valence-electron chi connectivity index (χ4n) is 2.32. The van der Waals surface area contributed by atoms with Crippen molar-refractivity contribution in [1.29, 1.82) is 0 Å². The number of aromatic nitrogens is 2. The molecule has 1 saturated carbocycles. The number of nitrogens with one attached hydrogen (secondary N) is 2. The van der Waals surface area contributed by atoms with Gasteiger partial charge in [-0.1, -0.05) is 20.3 Å². The van der Waals surface area contributed by atoms with Crippen LogP contribution in [0.25, 0.3) is 0 Å². The van der Waals surface area contributed by atoms with Crippen LogP contribution in [-0.2, 0) is 0 Å². The van der Waals surface area contributed by atoms with E-state index in [4.69, 9.17) is 0 Å². The molecule has 0 radical (unpaired) electrons. The number of amides is 1. The third kappa shape index (κ3) is 2.90. The van der Waals surface area contributed by atoms with Crippen molar-refractivity contribution in [3.8, 4) is 0 Å². The van der Waals surface area contributed by atoms with E-state index in [0.717, 1.165) is 25.0 Å². The van der Waals surface area contributed by atoms with Gasteiger partial charge in [0.2, 0.25) is 0 Å². The minimum Gasteiger partial charge on any atom is -0.393 e. The van der Waals surface area contributed by atoms with E-state index in [1.807, 2.05) is 13.8 Å². The van der Waals surface area contributed by atoms with E-state index in [-0.39, 0.29) is 17.9 Å². The van der Waals surface area contributed by atoms with E-state index < -0.39 is 0 Å². The van der Waals surface area contributed by atoms with Gasteiger partial charge in [0.15, 0.2) is 0 Å². The number of H-pyrrole nitrogens is 1. The van der Waals surface area contributed by atoms with Crippen molar-refractivity contribution in [2.75, 3.05) is 6.54 Å². The van der Waals surface area contributed by atoms with E-state index in [0.29, 0.717) is 18.2 Å². The van der Waals surface area contributed by atoms with Gasteiger partial charge in [-0.05, 0) is 24.8 Å². The molecule has 0 saturated heterocycles. The van der Waals surface area contributed by atoms with Crippen LogP contribution in [0.2, 0.25) is 0 Å². The summed E-state index contributed by atoms with van der Waals surface area (Å²) in [7, 11) is 0. The highest BCUT2D eigenvalue weighted by Crippen LogP contribution is 2.24. The zero-order valence-electron chi connectivity index (χ0n) is 10.9. The van der Waals surface area contributed by atoms with Crippen molar-refractivity contribution in [2.45, 2.75) is 45.1 Å². The summed E-state index contributed by atoms with van der Waals surface area (Å²) < 4.78 is 0. The van der Waals surface area contributed by atoms with Crippen molar-refractivity contribution in [1.82, 2.24) is 15.5 Å². The first-order valence-electron chi connectivity index (χ1n) is 6.59. The Hall–Kier alpha value is -1.36. The van der Waals surface area contributed by atoms with Crippen molar-refractivity contribution in [3.05, 3.63) is 17.5 Å². The number of aliphatic hydroxyl groups is 1. The zero-order valence-corrected chi connectivity index (χ0v) is 10.9. The maximum atomic E-state index is 11.9. The third-order valence-corrected chi connectivity index (χ3v) is 3.60. The van der Waals surface area contributed by atoms with Crippen LogP contribution < -0.4 is 5.32 Å². The molecule has 0 aromatic carbocycles. The molecule has 1 heterocycles. The topological polar surface area (TPSA) is 78.0 Å². The SMILES string of the molecule is CC(C)c1cc(C(=O)NCC2CCCC2O)n[nH]1. The van der Waals surface area contributed by atoms with Crippen molar-refractivity contribution < 1.29 is 9.90 Å². The fourth-order valence-corrected chi connectivity index (χ4v) is 2.32. The molecule has 3 N–H and O–H groups in total. The summed E-state index contributed by atoms with van der Waals surface area (Å²) in [5, 5.41) is 19.4. The van der Waals surface area contributed by atoms with E-state index >= 15 is 0 Å². The Bertz CT molecular complexity index is 414.